The number of aromatic hydroxyl groups is 1. The second-order valence-corrected chi connectivity index (χ2v) is 8.46. The lowest BCUT2D eigenvalue weighted by molar-refractivity contribution is -0.121. The number of ether oxygens (including phenoxy) is 1. The van der Waals surface area contributed by atoms with Crippen molar-refractivity contribution >= 4 is 40.9 Å². The molecule has 0 spiro atoms. The van der Waals surface area contributed by atoms with E-state index in [1.54, 1.807) is 37.3 Å². The van der Waals surface area contributed by atoms with Gasteiger partial charge in [0.2, 0.25) is 11.8 Å². The monoisotopic (exact) mass is 471 g/mol. The lowest BCUT2D eigenvalue weighted by atomic mass is 9.87. The van der Waals surface area contributed by atoms with Gasteiger partial charge in [0.05, 0.1) is 29.0 Å². The molecule has 1 aliphatic rings. The van der Waals surface area contributed by atoms with Gasteiger partial charge in [0.1, 0.15) is 0 Å². The fraction of sp³-hybridized carbons (Fsp3) is 0.261. The van der Waals surface area contributed by atoms with Gasteiger partial charge in [0.25, 0.3) is 0 Å². The number of thioether (sulfide) groups is 1. The number of nitrogens with one attached hydrogen (secondary N) is 2. The lowest BCUT2D eigenvalue weighted by Gasteiger charge is -2.25. The predicted molar refractivity (Wildman–Crippen MR) is 125 cm³/mol. The molecule has 7 nitrogen and oxygen atoms in total. The first-order chi connectivity index (χ1) is 15.3. The molecule has 1 aliphatic heterocycles. The molecular weight excluding hydrogens is 450 g/mol. The minimum atomic E-state index is -0.505. The van der Waals surface area contributed by atoms with Crippen molar-refractivity contribution in [1.82, 2.24) is 5.32 Å². The smallest absolute Gasteiger partial charge is 0.234 e. The number of benzene rings is 2. The van der Waals surface area contributed by atoms with E-state index in [0.717, 1.165) is 17.3 Å². The highest BCUT2D eigenvalue weighted by Crippen LogP contribution is 2.39. The summed E-state index contributed by atoms with van der Waals surface area (Å²) >= 11 is 7.18. The average Bonchev–Trinajstić information content (AvgIpc) is 2.76. The summed E-state index contributed by atoms with van der Waals surface area (Å²) in [6, 6.07) is 12.2. The number of rotatable bonds is 7. The Labute approximate surface area is 195 Å². The number of carbonyl (C=O) groups excluding carboxylic acids is 2. The normalized spacial score (nSPS) is 15.7. The molecular formula is C23H22ClN3O4S. The average molecular weight is 472 g/mol. The van der Waals surface area contributed by atoms with E-state index in [2.05, 4.69) is 16.7 Å². The van der Waals surface area contributed by atoms with Gasteiger partial charge in [0.15, 0.2) is 11.5 Å². The number of hydrogen-bond acceptors (Lipinski definition) is 6. The van der Waals surface area contributed by atoms with Crippen molar-refractivity contribution < 1.29 is 19.4 Å². The Morgan fingerprint density at radius 1 is 1.41 bits per heavy atom. The lowest BCUT2D eigenvalue weighted by Crippen LogP contribution is -2.31. The zero-order chi connectivity index (χ0) is 23.3. The minimum absolute atomic E-state index is 0.000754. The van der Waals surface area contributed by atoms with Gasteiger partial charge in [-0.3, -0.25) is 9.59 Å². The standard InChI is InChI=1S/C23H22ClN3O4S/c1-3-31-20-9-14(7-8-19(20)28)15-10-21(29)27-23(16(15)11-25)32-12-22(30)26-18-6-4-5-17(24)13(18)2/h4-9,15,28H,3,10,12H2,1-2H3,(H,26,30)(H,27,29). The van der Waals surface area contributed by atoms with E-state index in [9.17, 15) is 20.0 Å². The van der Waals surface area contributed by atoms with E-state index >= 15 is 0 Å². The van der Waals surface area contributed by atoms with Crippen LogP contribution in [0, 0.1) is 18.3 Å². The Balaban J connectivity index is 1.80. The van der Waals surface area contributed by atoms with Crippen molar-refractivity contribution in [2.24, 2.45) is 0 Å². The molecule has 0 radical (unpaired) electrons. The number of amides is 2. The largest absolute Gasteiger partial charge is 0.504 e. The molecule has 9 heteroatoms. The van der Waals surface area contributed by atoms with Gasteiger partial charge < -0.3 is 20.5 Å². The fourth-order valence-corrected chi connectivity index (χ4v) is 4.35. The topological polar surface area (TPSA) is 111 Å². The summed E-state index contributed by atoms with van der Waals surface area (Å²) in [5.41, 5.74) is 2.40. The number of anilines is 1. The molecule has 0 aliphatic carbocycles. The Bertz CT molecular complexity index is 1130. The molecule has 0 bridgehead atoms. The highest BCUT2D eigenvalue weighted by Gasteiger charge is 2.30. The molecule has 2 aromatic rings. The van der Waals surface area contributed by atoms with Crippen LogP contribution in [0.5, 0.6) is 11.5 Å². The van der Waals surface area contributed by atoms with Crippen molar-refractivity contribution in [3.63, 3.8) is 0 Å². The van der Waals surface area contributed by atoms with Gasteiger partial charge in [0, 0.05) is 23.0 Å². The van der Waals surface area contributed by atoms with Crippen molar-refractivity contribution in [1.29, 1.82) is 5.26 Å². The van der Waals surface area contributed by atoms with Crippen LogP contribution in [0.3, 0.4) is 0 Å². The maximum Gasteiger partial charge on any atom is 0.234 e. The predicted octanol–water partition coefficient (Wildman–Crippen LogP) is 4.46. The van der Waals surface area contributed by atoms with Crippen LogP contribution in [0.1, 0.15) is 30.4 Å². The van der Waals surface area contributed by atoms with Crippen LogP contribution in [-0.4, -0.2) is 29.3 Å². The van der Waals surface area contributed by atoms with Gasteiger partial charge in [-0.2, -0.15) is 5.26 Å². The number of phenols is 1. The Morgan fingerprint density at radius 2 is 2.19 bits per heavy atom. The molecule has 0 fully saturated rings. The van der Waals surface area contributed by atoms with E-state index in [1.165, 1.54) is 6.07 Å². The summed E-state index contributed by atoms with van der Waals surface area (Å²) in [7, 11) is 0. The maximum absolute atomic E-state index is 12.5. The van der Waals surface area contributed by atoms with E-state index in [4.69, 9.17) is 16.3 Å². The van der Waals surface area contributed by atoms with Gasteiger partial charge in [-0.1, -0.05) is 35.5 Å². The highest BCUT2D eigenvalue weighted by molar-refractivity contribution is 8.03. The molecule has 3 N–H and O–H groups in total. The van der Waals surface area contributed by atoms with E-state index in [0.29, 0.717) is 39.2 Å². The van der Waals surface area contributed by atoms with Gasteiger partial charge in [-0.05, 0) is 49.2 Å². The van der Waals surface area contributed by atoms with Crippen LogP contribution < -0.4 is 15.4 Å². The first-order valence-corrected chi connectivity index (χ1v) is 11.3. The summed E-state index contributed by atoms with van der Waals surface area (Å²) < 4.78 is 5.43. The Hall–Kier alpha value is -3.15. The molecule has 0 saturated heterocycles. The van der Waals surface area contributed by atoms with Crippen LogP contribution in [0.25, 0.3) is 0 Å². The first kappa shape index (κ1) is 23.5. The molecule has 2 amide bonds. The number of allylic oxidation sites excluding steroid dienone is 1. The number of carbonyl (C=O) groups is 2. The molecule has 1 unspecified atom stereocenters. The molecule has 166 valence electrons. The minimum Gasteiger partial charge on any atom is -0.504 e. The molecule has 1 atom stereocenters. The summed E-state index contributed by atoms with van der Waals surface area (Å²) in [5, 5.41) is 26.2. The number of hydrogen-bond donors (Lipinski definition) is 3. The van der Waals surface area contributed by atoms with Gasteiger partial charge >= 0.3 is 0 Å². The summed E-state index contributed by atoms with van der Waals surface area (Å²) in [4.78, 5) is 24.8. The van der Waals surface area contributed by atoms with Gasteiger partial charge in [-0.25, -0.2) is 0 Å². The zero-order valence-corrected chi connectivity index (χ0v) is 19.1. The zero-order valence-electron chi connectivity index (χ0n) is 17.6. The highest BCUT2D eigenvalue weighted by atomic mass is 35.5. The molecule has 0 saturated carbocycles. The third kappa shape index (κ3) is 5.36. The molecule has 2 aromatic carbocycles. The van der Waals surface area contributed by atoms with Crippen LogP contribution in [0.4, 0.5) is 5.69 Å². The second-order valence-electron chi connectivity index (χ2n) is 7.07. The number of nitriles is 1. The van der Waals surface area contributed by atoms with Crippen LogP contribution in [-0.2, 0) is 9.59 Å². The summed E-state index contributed by atoms with van der Waals surface area (Å²) in [6.45, 7) is 3.97. The van der Waals surface area contributed by atoms with Crippen LogP contribution in [0.2, 0.25) is 5.02 Å². The van der Waals surface area contributed by atoms with Crippen LogP contribution >= 0.6 is 23.4 Å². The summed E-state index contributed by atoms with van der Waals surface area (Å²) in [6.07, 6.45) is 0.0806. The van der Waals surface area contributed by atoms with Crippen molar-refractivity contribution in [3.05, 3.63) is 63.1 Å². The van der Waals surface area contributed by atoms with Gasteiger partial charge in [-0.15, -0.1) is 0 Å². The third-order valence-corrected chi connectivity index (χ3v) is 6.36. The first-order valence-electron chi connectivity index (χ1n) is 9.91. The SMILES string of the molecule is CCOc1cc(C2CC(=O)NC(SCC(=O)Nc3cccc(Cl)c3C)=C2C#N)ccc1O. The van der Waals surface area contributed by atoms with Crippen LogP contribution in [0.15, 0.2) is 47.0 Å². The number of halogens is 1. The maximum atomic E-state index is 12.5. The van der Waals surface area contributed by atoms with E-state index in [1.807, 2.05) is 6.92 Å². The summed E-state index contributed by atoms with van der Waals surface area (Å²) in [5.74, 6) is -0.772. The molecule has 32 heavy (non-hydrogen) atoms. The Kier molecular flexibility index (Phi) is 7.67. The number of nitrogens with zero attached hydrogens (tertiary/aromatic N) is 1. The molecule has 0 aromatic heterocycles. The van der Waals surface area contributed by atoms with E-state index < -0.39 is 5.92 Å². The second kappa shape index (κ2) is 10.4. The van der Waals surface area contributed by atoms with Crippen molar-refractivity contribution in [2.75, 3.05) is 17.7 Å². The van der Waals surface area contributed by atoms with Crippen molar-refractivity contribution in [2.45, 2.75) is 26.2 Å². The fourth-order valence-electron chi connectivity index (χ4n) is 3.30. The van der Waals surface area contributed by atoms with E-state index in [-0.39, 0.29) is 29.7 Å². The Morgan fingerprint density at radius 3 is 2.91 bits per heavy atom. The van der Waals surface area contributed by atoms with Crippen molar-refractivity contribution in [3.8, 4) is 17.6 Å². The third-order valence-electron chi connectivity index (χ3n) is 4.93. The quantitative estimate of drug-likeness (QED) is 0.549. The number of phenolic OH excluding ortho intramolecular Hbond substituents is 1. The molecule has 3 rings (SSSR count). The molecule has 1 heterocycles.